The lowest BCUT2D eigenvalue weighted by atomic mass is 10.1. The lowest BCUT2D eigenvalue weighted by Crippen LogP contribution is -2.34. The molecule has 7 nitrogen and oxygen atoms in total. The van der Waals surface area contributed by atoms with Crippen molar-refractivity contribution in [2.24, 2.45) is 11.8 Å². The van der Waals surface area contributed by atoms with E-state index in [1.165, 1.54) is 18.2 Å². The summed E-state index contributed by atoms with van der Waals surface area (Å²) in [5.74, 6) is -1.35. The maximum atomic E-state index is 13.3. The Balaban J connectivity index is 1.26. The SMILES string of the molecule is Cc1[nH]c(C(=O)N[C@H]2[C@@H]3CN(c4nc(Cc5ccc(F)cc5Cl)c(C(=O)O)s4)C[C@@H]32)c(Cl)c1Cl. The molecule has 3 heterocycles. The van der Waals surface area contributed by atoms with Crippen LogP contribution in [0.1, 0.15) is 37.1 Å². The minimum absolute atomic E-state index is 0.0126. The first-order valence-electron chi connectivity index (χ1n) is 10.4. The van der Waals surface area contributed by atoms with Gasteiger partial charge in [-0.25, -0.2) is 14.2 Å². The van der Waals surface area contributed by atoms with Gasteiger partial charge in [0.25, 0.3) is 5.91 Å². The Hall–Kier alpha value is -2.33. The number of aromatic carboxylic acids is 1. The van der Waals surface area contributed by atoms with Crippen LogP contribution in [0.4, 0.5) is 9.52 Å². The Labute approximate surface area is 212 Å². The van der Waals surface area contributed by atoms with Crippen molar-refractivity contribution in [1.82, 2.24) is 15.3 Å². The number of thiazole rings is 1. The van der Waals surface area contributed by atoms with E-state index in [4.69, 9.17) is 34.8 Å². The fourth-order valence-corrected chi connectivity index (χ4v) is 6.05. The molecule has 3 N–H and O–H groups in total. The second-order valence-electron chi connectivity index (χ2n) is 8.47. The van der Waals surface area contributed by atoms with Crippen molar-refractivity contribution in [2.75, 3.05) is 18.0 Å². The number of anilines is 1. The number of fused-ring (bicyclic) bond motifs is 1. The first kappa shape index (κ1) is 23.4. The van der Waals surface area contributed by atoms with Crippen molar-refractivity contribution in [3.05, 3.63) is 66.6 Å². The van der Waals surface area contributed by atoms with Gasteiger partial charge in [-0.15, -0.1) is 0 Å². The van der Waals surface area contributed by atoms with E-state index < -0.39 is 11.8 Å². The molecule has 0 bridgehead atoms. The number of rotatable bonds is 6. The van der Waals surface area contributed by atoms with Crippen LogP contribution in [0, 0.1) is 24.6 Å². The van der Waals surface area contributed by atoms with Gasteiger partial charge in [-0.2, -0.15) is 0 Å². The molecule has 1 aliphatic heterocycles. The van der Waals surface area contributed by atoms with Crippen LogP contribution < -0.4 is 10.2 Å². The van der Waals surface area contributed by atoms with Crippen LogP contribution >= 0.6 is 46.1 Å². The predicted molar refractivity (Wildman–Crippen MR) is 129 cm³/mol. The maximum Gasteiger partial charge on any atom is 0.347 e. The third-order valence-corrected chi connectivity index (χ3v) is 8.74. The molecular formula is C22H18Cl3FN4O3S. The number of benzene rings is 1. The van der Waals surface area contributed by atoms with Gasteiger partial charge in [0.15, 0.2) is 5.13 Å². The molecule has 178 valence electrons. The van der Waals surface area contributed by atoms with Crippen molar-refractivity contribution >= 4 is 63.1 Å². The molecule has 0 spiro atoms. The molecule has 1 saturated carbocycles. The van der Waals surface area contributed by atoms with Gasteiger partial charge in [0, 0.05) is 48.1 Å². The van der Waals surface area contributed by atoms with Gasteiger partial charge < -0.3 is 20.3 Å². The largest absolute Gasteiger partial charge is 0.477 e. The van der Waals surface area contributed by atoms with E-state index in [9.17, 15) is 19.1 Å². The summed E-state index contributed by atoms with van der Waals surface area (Å²) in [5, 5.41) is 14.0. The maximum absolute atomic E-state index is 13.3. The summed E-state index contributed by atoms with van der Waals surface area (Å²) in [6, 6.07) is 4.03. The topological polar surface area (TPSA) is 98.3 Å². The minimum Gasteiger partial charge on any atom is -0.477 e. The molecule has 3 atom stereocenters. The van der Waals surface area contributed by atoms with Gasteiger partial charge in [-0.3, -0.25) is 4.79 Å². The molecule has 2 fully saturated rings. The Morgan fingerprint density at radius 2 is 1.97 bits per heavy atom. The molecule has 1 aromatic carbocycles. The number of hydrogen-bond acceptors (Lipinski definition) is 5. The molecule has 5 rings (SSSR count). The summed E-state index contributed by atoms with van der Waals surface area (Å²) in [5.41, 5.74) is 1.88. The van der Waals surface area contributed by atoms with E-state index in [-0.39, 0.29) is 50.8 Å². The quantitative estimate of drug-likeness (QED) is 0.405. The van der Waals surface area contributed by atoms with E-state index in [1.54, 1.807) is 6.92 Å². The highest BCUT2D eigenvalue weighted by Gasteiger charge is 2.57. The number of aryl methyl sites for hydroxylation is 1. The number of hydrogen-bond donors (Lipinski definition) is 3. The summed E-state index contributed by atoms with van der Waals surface area (Å²) in [6.45, 7) is 3.04. The van der Waals surface area contributed by atoms with Crippen LogP contribution in [0.5, 0.6) is 0 Å². The van der Waals surface area contributed by atoms with E-state index in [0.29, 0.717) is 40.2 Å². The molecule has 2 aliphatic rings. The van der Waals surface area contributed by atoms with Gasteiger partial charge >= 0.3 is 5.97 Å². The van der Waals surface area contributed by atoms with Crippen molar-refractivity contribution in [3.63, 3.8) is 0 Å². The highest BCUT2D eigenvalue weighted by molar-refractivity contribution is 7.17. The Kier molecular flexibility index (Phi) is 6.00. The van der Waals surface area contributed by atoms with Crippen LogP contribution in [0.3, 0.4) is 0 Å². The number of nitrogens with one attached hydrogen (secondary N) is 2. The normalized spacial score (nSPS) is 21.0. The smallest absolute Gasteiger partial charge is 0.347 e. The summed E-state index contributed by atoms with van der Waals surface area (Å²) < 4.78 is 13.3. The molecule has 1 amide bonds. The van der Waals surface area contributed by atoms with Crippen molar-refractivity contribution in [1.29, 1.82) is 0 Å². The summed E-state index contributed by atoms with van der Waals surface area (Å²) >= 11 is 19.4. The number of carbonyl (C=O) groups is 2. The second kappa shape index (κ2) is 8.71. The second-order valence-corrected chi connectivity index (χ2v) is 10.6. The van der Waals surface area contributed by atoms with Gasteiger partial charge in [-0.1, -0.05) is 52.2 Å². The molecule has 0 radical (unpaired) electrons. The number of aromatic nitrogens is 2. The fourth-order valence-electron chi connectivity index (χ4n) is 4.46. The van der Waals surface area contributed by atoms with Gasteiger partial charge in [0.05, 0.1) is 15.7 Å². The molecular weight excluding hydrogens is 526 g/mol. The third kappa shape index (κ3) is 4.15. The van der Waals surface area contributed by atoms with E-state index in [2.05, 4.69) is 15.3 Å². The standard InChI is InChI=1S/C22H18Cl3FN4O3S/c1-8-15(24)16(25)18(27-8)20(31)29-17-11-6-30(7-12(11)17)22-28-14(19(34-22)21(32)33)4-9-2-3-10(26)5-13(9)23/h2-3,5,11-12,17,27H,4,6-7H2,1H3,(H,29,31)(H,32,33)/t11-,12+,17+. The number of nitrogens with zero attached hydrogens (tertiary/aromatic N) is 2. The van der Waals surface area contributed by atoms with Crippen LogP contribution in [-0.2, 0) is 6.42 Å². The van der Waals surface area contributed by atoms with Crippen LogP contribution in [-0.4, -0.2) is 46.1 Å². The lowest BCUT2D eigenvalue weighted by molar-refractivity contribution is 0.0700. The van der Waals surface area contributed by atoms with Crippen LogP contribution in [0.15, 0.2) is 18.2 Å². The number of amides is 1. The number of carbonyl (C=O) groups excluding carboxylic acids is 1. The summed E-state index contributed by atoms with van der Waals surface area (Å²) in [4.78, 5) is 34.1. The molecule has 12 heteroatoms. The van der Waals surface area contributed by atoms with E-state index in [1.807, 2.05) is 4.90 Å². The zero-order valence-corrected chi connectivity index (χ0v) is 20.7. The number of carboxylic acid groups (broad SMARTS) is 1. The average molecular weight is 544 g/mol. The highest BCUT2D eigenvalue weighted by atomic mass is 35.5. The monoisotopic (exact) mass is 542 g/mol. The highest BCUT2D eigenvalue weighted by Crippen LogP contribution is 2.48. The Morgan fingerprint density at radius 3 is 2.56 bits per heavy atom. The van der Waals surface area contributed by atoms with Gasteiger partial charge in [0.2, 0.25) is 0 Å². The van der Waals surface area contributed by atoms with Crippen molar-refractivity contribution in [2.45, 2.75) is 19.4 Å². The average Bonchev–Trinajstić information content (AvgIpc) is 3.15. The zero-order valence-electron chi connectivity index (χ0n) is 17.7. The van der Waals surface area contributed by atoms with Gasteiger partial charge in [0.1, 0.15) is 16.4 Å². The van der Waals surface area contributed by atoms with Gasteiger partial charge in [-0.05, 0) is 24.6 Å². The number of carboxylic acids is 1. The number of halogens is 4. The minimum atomic E-state index is -1.07. The van der Waals surface area contributed by atoms with Crippen LogP contribution in [0.2, 0.25) is 15.1 Å². The molecule has 1 aliphatic carbocycles. The lowest BCUT2D eigenvalue weighted by Gasteiger charge is -2.19. The van der Waals surface area contributed by atoms with Crippen molar-refractivity contribution in [3.8, 4) is 0 Å². The zero-order chi connectivity index (χ0) is 24.3. The fraction of sp³-hybridized carbons (Fsp3) is 0.318. The van der Waals surface area contributed by atoms with Crippen molar-refractivity contribution < 1.29 is 19.1 Å². The van der Waals surface area contributed by atoms with Crippen LogP contribution in [0.25, 0.3) is 0 Å². The third-order valence-electron chi connectivity index (χ3n) is 6.30. The Bertz CT molecular complexity index is 1310. The predicted octanol–water partition coefficient (Wildman–Crippen LogP) is 5.03. The van der Waals surface area contributed by atoms with E-state index in [0.717, 1.165) is 11.3 Å². The first-order chi connectivity index (χ1) is 16.1. The number of H-pyrrole nitrogens is 1. The number of aromatic amines is 1. The molecule has 3 aromatic rings. The van der Waals surface area contributed by atoms with E-state index >= 15 is 0 Å². The molecule has 1 saturated heterocycles. The molecule has 34 heavy (non-hydrogen) atoms. The molecule has 0 unspecified atom stereocenters. The Morgan fingerprint density at radius 1 is 1.26 bits per heavy atom. The summed E-state index contributed by atoms with van der Waals surface area (Å²) in [6.07, 6.45) is 0.190. The number of piperidine rings is 1. The molecule has 2 aromatic heterocycles. The summed E-state index contributed by atoms with van der Waals surface area (Å²) in [7, 11) is 0. The first-order valence-corrected chi connectivity index (χ1v) is 12.4.